The Kier molecular flexibility index (Phi) is 2.20. The number of Topliss-reactive ketones (excluding diaryl/α,β-unsaturated/α-hetero) is 1. The summed E-state index contributed by atoms with van der Waals surface area (Å²) in [6, 6.07) is 7.75. The molecule has 2 unspecified atom stereocenters. The van der Waals surface area contributed by atoms with Gasteiger partial charge in [-0.25, -0.2) is 0 Å². The number of carbonyl (C=O) groups is 1. The Morgan fingerprint density at radius 3 is 2.27 bits per heavy atom. The van der Waals surface area contributed by atoms with Gasteiger partial charge in [0.25, 0.3) is 0 Å². The topological polar surface area (TPSA) is 17.1 Å². The number of fused-ring (bicyclic) bond motifs is 1. The minimum absolute atomic E-state index is 0.315. The fourth-order valence-corrected chi connectivity index (χ4v) is 3.04. The SMILES string of the molecule is O=C(c1ccc(Br)cc1)C1CC2CC2C1. The molecule has 2 atom stereocenters. The molecule has 1 aromatic rings. The number of hydrogen-bond donors (Lipinski definition) is 0. The van der Waals surface area contributed by atoms with Crippen molar-refractivity contribution in [3.05, 3.63) is 34.3 Å². The van der Waals surface area contributed by atoms with Crippen LogP contribution in [0.5, 0.6) is 0 Å². The van der Waals surface area contributed by atoms with E-state index in [0.717, 1.165) is 34.7 Å². The lowest BCUT2D eigenvalue weighted by atomic mass is 9.93. The minimum atomic E-state index is 0.315. The van der Waals surface area contributed by atoms with Crippen LogP contribution < -0.4 is 0 Å². The molecule has 0 aromatic heterocycles. The summed E-state index contributed by atoms with van der Waals surface area (Å²) >= 11 is 3.38. The molecule has 0 saturated heterocycles. The standard InChI is InChI=1S/C13H13BrO/c14-12-3-1-8(2-4-12)13(15)11-6-9-5-10(9)7-11/h1-4,9-11H,5-7H2. The van der Waals surface area contributed by atoms with E-state index >= 15 is 0 Å². The molecule has 3 rings (SSSR count). The van der Waals surface area contributed by atoms with E-state index in [2.05, 4.69) is 15.9 Å². The molecule has 2 saturated carbocycles. The molecule has 0 amide bonds. The summed E-state index contributed by atoms with van der Waals surface area (Å²) in [5.74, 6) is 2.44. The summed E-state index contributed by atoms with van der Waals surface area (Å²) in [4.78, 5) is 12.1. The Morgan fingerprint density at radius 2 is 1.67 bits per heavy atom. The van der Waals surface area contributed by atoms with Gasteiger partial charge in [-0.15, -0.1) is 0 Å². The van der Waals surface area contributed by atoms with Crippen LogP contribution in [0.15, 0.2) is 28.7 Å². The number of benzene rings is 1. The Labute approximate surface area is 98.0 Å². The van der Waals surface area contributed by atoms with E-state index in [9.17, 15) is 4.79 Å². The third-order valence-corrected chi connectivity index (χ3v) is 4.27. The van der Waals surface area contributed by atoms with Crippen LogP contribution in [0.1, 0.15) is 29.6 Å². The largest absolute Gasteiger partial charge is 0.294 e. The van der Waals surface area contributed by atoms with Gasteiger partial charge >= 0.3 is 0 Å². The smallest absolute Gasteiger partial charge is 0.165 e. The number of halogens is 1. The maximum Gasteiger partial charge on any atom is 0.165 e. The maximum absolute atomic E-state index is 12.1. The van der Waals surface area contributed by atoms with Gasteiger partial charge in [0.1, 0.15) is 0 Å². The van der Waals surface area contributed by atoms with Crippen LogP contribution in [0.4, 0.5) is 0 Å². The predicted molar refractivity (Wildman–Crippen MR) is 62.8 cm³/mol. The molecular weight excluding hydrogens is 252 g/mol. The van der Waals surface area contributed by atoms with Crippen LogP contribution in [0.25, 0.3) is 0 Å². The highest BCUT2D eigenvalue weighted by Gasteiger charge is 2.47. The van der Waals surface area contributed by atoms with Gasteiger partial charge in [0.05, 0.1) is 0 Å². The van der Waals surface area contributed by atoms with Crippen LogP contribution in [0.3, 0.4) is 0 Å². The van der Waals surface area contributed by atoms with Gasteiger partial charge < -0.3 is 0 Å². The van der Waals surface area contributed by atoms with Crippen molar-refractivity contribution in [2.24, 2.45) is 17.8 Å². The molecule has 1 aromatic carbocycles. The van der Waals surface area contributed by atoms with E-state index in [1.807, 2.05) is 24.3 Å². The first kappa shape index (κ1) is 9.59. The monoisotopic (exact) mass is 264 g/mol. The third kappa shape index (κ3) is 1.76. The summed E-state index contributed by atoms with van der Waals surface area (Å²) in [6.45, 7) is 0. The lowest BCUT2D eigenvalue weighted by Crippen LogP contribution is -2.12. The van der Waals surface area contributed by atoms with Crippen LogP contribution in [0.2, 0.25) is 0 Å². The molecule has 15 heavy (non-hydrogen) atoms. The number of ketones is 1. The number of hydrogen-bond acceptors (Lipinski definition) is 1. The Balaban J connectivity index is 1.76. The second-order valence-electron chi connectivity index (χ2n) is 4.80. The highest BCUT2D eigenvalue weighted by molar-refractivity contribution is 9.10. The van der Waals surface area contributed by atoms with Crippen molar-refractivity contribution >= 4 is 21.7 Å². The lowest BCUT2D eigenvalue weighted by Gasteiger charge is -2.10. The van der Waals surface area contributed by atoms with E-state index < -0.39 is 0 Å². The Morgan fingerprint density at radius 1 is 1.07 bits per heavy atom. The fourth-order valence-electron chi connectivity index (χ4n) is 2.78. The van der Waals surface area contributed by atoms with Crippen molar-refractivity contribution < 1.29 is 4.79 Å². The maximum atomic E-state index is 12.1. The molecule has 2 aliphatic carbocycles. The van der Waals surface area contributed by atoms with Gasteiger partial charge in [0, 0.05) is 16.0 Å². The van der Waals surface area contributed by atoms with Crippen molar-refractivity contribution in [3.63, 3.8) is 0 Å². The van der Waals surface area contributed by atoms with E-state index in [0.29, 0.717) is 11.7 Å². The molecular formula is C13H13BrO. The molecule has 0 aliphatic heterocycles. The second kappa shape index (κ2) is 3.44. The highest BCUT2D eigenvalue weighted by atomic mass is 79.9. The van der Waals surface area contributed by atoms with E-state index in [1.165, 1.54) is 6.42 Å². The third-order valence-electron chi connectivity index (χ3n) is 3.74. The molecule has 0 bridgehead atoms. The second-order valence-corrected chi connectivity index (χ2v) is 5.71. The molecule has 0 heterocycles. The minimum Gasteiger partial charge on any atom is -0.294 e. The zero-order valence-corrected chi connectivity index (χ0v) is 10.0. The summed E-state index contributed by atoms with van der Waals surface area (Å²) in [7, 11) is 0. The quantitative estimate of drug-likeness (QED) is 0.745. The molecule has 1 nitrogen and oxygen atoms in total. The van der Waals surface area contributed by atoms with Crippen LogP contribution in [0, 0.1) is 17.8 Å². The van der Waals surface area contributed by atoms with E-state index in [1.54, 1.807) is 0 Å². The Bertz CT molecular complexity index is 386. The first-order chi connectivity index (χ1) is 7.24. The zero-order chi connectivity index (χ0) is 10.4. The number of rotatable bonds is 2. The molecule has 78 valence electrons. The van der Waals surface area contributed by atoms with Crippen LogP contribution in [-0.2, 0) is 0 Å². The van der Waals surface area contributed by atoms with Gasteiger partial charge in [0.15, 0.2) is 5.78 Å². The van der Waals surface area contributed by atoms with Gasteiger partial charge in [-0.2, -0.15) is 0 Å². The van der Waals surface area contributed by atoms with Gasteiger partial charge in [0.2, 0.25) is 0 Å². The van der Waals surface area contributed by atoms with E-state index in [-0.39, 0.29) is 0 Å². The predicted octanol–water partition coefficient (Wildman–Crippen LogP) is 3.68. The van der Waals surface area contributed by atoms with Crippen molar-refractivity contribution in [3.8, 4) is 0 Å². The van der Waals surface area contributed by atoms with Crippen LogP contribution in [-0.4, -0.2) is 5.78 Å². The van der Waals surface area contributed by atoms with Gasteiger partial charge in [-0.1, -0.05) is 28.1 Å². The molecule has 0 spiro atoms. The summed E-state index contributed by atoms with van der Waals surface area (Å²) < 4.78 is 1.04. The first-order valence-corrected chi connectivity index (χ1v) is 6.33. The molecule has 0 radical (unpaired) electrons. The van der Waals surface area contributed by atoms with E-state index in [4.69, 9.17) is 0 Å². The average Bonchev–Trinajstić information content (AvgIpc) is 2.86. The zero-order valence-electron chi connectivity index (χ0n) is 8.45. The fraction of sp³-hybridized carbons (Fsp3) is 0.462. The van der Waals surface area contributed by atoms with Crippen LogP contribution >= 0.6 is 15.9 Å². The summed E-state index contributed by atoms with van der Waals surface area (Å²) in [6.07, 6.45) is 3.66. The van der Waals surface area contributed by atoms with Gasteiger partial charge in [-0.05, 0) is 43.2 Å². The van der Waals surface area contributed by atoms with Gasteiger partial charge in [-0.3, -0.25) is 4.79 Å². The average molecular weight is 265 g/mol. The summed E-state index contributed by atoms with van der Waals surface area (Å²) in [5, 5.41) is 0. The van der Waals surface area contributed by atoms with Crippen molar-refractivity contribution in [1.82, 2.24) is 0 Å². The molecule has 2 fully saturated rings. The normalized spacial score (nSPS) is 32.5. The molecule has 2 aliphatic rings. The highest BCUT2D eigenvalue weighted by Crippen LogP contribution is 2.54. The molecule has 0 N–H and O–H groups in total. The summed E-state index contributed by atoms with van der Waals surface area (Å²) in [5.41, 5.74) is 0.879. The molecule has 2 heteroatoms. The number of carbonyl (C=O) groups excluding carboxylic acids is 1. The Hall–Kier alpha value is -0.630. The first-order valence-electron chi connectivity index (χ1n) is 5.54. The van der Waals surface area contributed by atoms with Crippen molar-refractivity contribution in [1.29, 1.82) is 0 Å². The lowest BCUT2D eigenvalue weighted by molar-refractivity contribution is 0.0914. The van der Waals surface area contributed by atoms with Crippen molar-refractivity contribution in [2.75, 3.05) is 0 Å². The van der Waals surface area contributed by atoms with Crippen molar-refractivity contribution in [2.45, 2.75) is 19.3 Å².